The standard InChI is InChI=1S/C13H22N2S/c16-12-8-5-7-11-13(12)9-4-2-1-3-6-10(13)14-15-11/h10-12,16H,1-9H2. The third-order valence-corrected chi connectivity index (χ3v) is 5.74. The molecular formula is C13H22N2S. The van der Waals surface area contributed by atoms with Crippen molar-refractivity contribution in [3.63, 3.8) is 0 Å². The summed E-state index contributed by atoms with van der Waals surface area (Å²) >= 11 is 4.91. The summed E-state index contributed by atoms with van der Waals surface area (Å²) in [6.07, 6.45) is 11.9. The molecule has 0 aromatic carbocycles. The molecule has 0 saturated heterocycles. The third kappa shape index (κ3) is 1.54. The van der Waals surface area contributed by atoms with E-state index in [0.29, 0.717) is 22.7 Å². The van der Waals surface area contributed by atoms with Gasteiger partial charge >= 0.3 is 0 Å². The summed E-state index contributed by atoms with van der Waals surface area (Å²) in [6, 6.07) is 1.01. The lowest BCUT2D eigenvalue weighted by atomic mass is 9.62. The first-order valence-corrected chi connectivity index (χ1v) is 7.44. The van der Waals surface area contributed by atoms with Crippen molar-refractivity contribution in [2.24, 2.45) is 15.6 Å². The molecule has 4 atom stereocenters. The normalized spacial score (nSPS) is 47.9. The highest BCUT2D eigenvalue weighted by atomic mass is 32.1. The van der Waals surface area contributed by atoms with Crippen molar-refractivity contribution >= 4 is 12.6 Å². The first-order valence-electron chi connectivity index (χ1n) is 6.92. The largest absolute Gasteiger partial charge is 0.190 e. The fourth-order valence-electron chi connectivity index (χ4n) is 4.09. The molecule has 3 heteroatoms. The zero-order valence-electron chi connectivity index (χ0n) is 9.94. The molecule has 2 nitrogen and oxygen atoms in total. The van der Waals surface area contributed by atoms with E-state index >= 15 is 0 Å². The molecule has 0 radical (unpaired) electrons. The smallest absolute Gasteiger partial charge is 0.0796 e. The van der Waals surface area contributed by atoms with Gasteiger partial charge in [0, 0.05) is 10.7 Å². The zero-order valence-corrected chi connectivity index (χ0v) is 10.8. The maximum Gasteiger partial charge on any atom is 0.0796 e. The average molecular weight is 238 g/mol. The van der Waals surface area contributed by atoms with E-state index in [4.69, 9.17) is 12.6 Å². The molecule has 90 valence electrons. The highest BCUT2D eigenvalue weighted by Crippen LogP contribution is 2.54. The second-order valence-corrected chi connectivity index (χ2v) is 6.40. The van der Waals surface area contributed by atoms with Crippen LogP contribution in [0.4, 0.5) is 0 Å². The van der Waals surface area contributed by atoms with Crippen LogP contribution < -0.4 is 0 Å². The Morgan fingerprint density at radius 1 is 0.812 bits per heavy atom. The van der Waals surface area contributed by atoms with Crippen LogP contribution >= 0.6 is 12.6 Å². The molecule has 3 aliphatic rings. The SMILES string of the molecule is SC1CCCC2N=NC3CCCCCCC132. The molecule has 2 fully saturated rings. The lowest BCUT2D eigenvalue weighted by Crippen LogP contribution is -2.49. The molecule has 0 N–H and O–H groups in total. The highest BCUT2D eigenvalue weighted by Gasteiger charge is 2.54. The van der Waals surface area contributed by atoms with E-state index in [0.717, 1.165) is 0 Å². The Morgan fingerprint density at radius 3 is 2.31 bits per heavy atom. The highest BCUT2D eigenvalue weighted by molar-refractivity contribution is 7.81. The van der Waals surface area contributed by atoms with Crippen LogP contribution in [0.2, 0.25) is 0 Å². The maximum atomic E-state index is 4.91. The van der Waals surface area contributed by atoms with Crippen LogP contribution in [0.25, 0.3) is 0 Å². The fraction of sp³-hybridized carbons (Fsp3) is 1.00. The molecule has 3 rings (SSSR count). The molecule has 2 saturated carbocycles. The van der Waals surface area contributed by atoms with Gasteiger partial charge in [-0.05, 0) is 25.7 Å². The van der Waals surface area contributed by atoms with E-state index in [-0.39, 0.29) is 0 Å². The Kier molecular flexibility index (Phi) is 2.99. The van der Waals surface area contributed by atoms with Crippen LogP contribution in [0.1, 0.15) is 57.8 Å². The summed E-state index contributed by atoms with van der Waals surface area (Å²) in [5.74, 6) is 0. The molecule has 2 aliphatic carbocycles. The van der Waals surface area contributed by atoms with Crippen molar-refractivity contribution in [2.45, 2.75) is 75.1 Å². The summed E-state index contributed by atoms with van der Waals surface area (Å²) in [7, 11) is 0. The number of rotatable bonds is 0. The van der Waals surface area contributed by atoms with Crippen molar-refractivity contribution < 1.29 is 0 Å². The van der Waals surface area contributed by atoms with Gasteiger partial charge in [-0.3, -0.25) is 0 Å². The summed E-state index contributed by atoms with van der Waals surface area (Å²) in [4.78, 5) is 0. The summed E-state index contributed by atoms with van der Waals surface area (Å²) in [5, 5.41) is 9.77. The molecular weight excluding hydrogens is 216 g/mol. The number of hydrogen-bond donors (Lipinski definition) is 1. The van der Waals surface area contributed by atoms with Crippen molar-refractivity contribution in [2.75, 3.05) is 0 Å². The minimum atomic E-state index is 0.349. The van der Waals surface area contributed by atoms with Gasteiger partial charge in [-0.1, -0.05) is 32.1 Å². The number of azo groups is 1. The summed E-state index contributed by atoms with van der Waals surface area (Å²) < 4.78 is 0. The molecule has 0 aromatic rings. The van der Waals surface area contributed by atoms with Crippen molar-refractivity contribution in [3.05, 3.63) is 0 Å². The predicted octanol–water partition coefficient (Wildman–Crippen LogP) is 4.01. The Labute approximate surface area is 104 Å². The number of thiol groups is 1. The monoisotopic (exact) mass is 238 g/mol. The number of hydrogen-bond acceptors (Lipinski definition) is 3. The van der Waals surface area contributed by atoms with E-state index in [1.807, 2.05) is 0 Å². The van der Waals surface area contributed by atoms with Gasteiger partial charge in [0.05, 0.1) is 12.1 Å². The third-order valence-electron chi connectivity index (χ3n) is 5.00. The van der Waals surface area contributed by atoms with Gasteiger partial charge in [0.1, 0.15) is 0 Å². The lowest BCUT2D eigenvalue weighted by Gasteiger charge is -2.46. The molecule has 1 heterocycles. The van der Waals surface area contributed by atoms with Gasteiger partial charge in [-0.2, -0.15) is 22.9 Å². The minimum absolute atomic E-state index is 0.349. The van der Waals surface area contributed by atoms with Crippen LogP contribution in [0, 0.1) is 5.41 Å². The first kappa shape index (κ1) is 11.1. The molecule has 1 spiro atoms. The van der Waals surface area contributed by atoms with Gasteiger partial charge in [0.15, 0.2) is 0 Å². The molecule has 1 aliphatic heterocycles. The van der Waals surface area contributed by atoms with Gasteiger partial charge in [-0.15, -0.1) is 0 Å². The van der Waals surface area contributed by atoms with Gasteiger partial charge in [-0.25, -0.2) is 0 Å². The molecule has 0 bridgehead atoms. The molecule has 0 aromatic heterocycles. The van der Waals surface area contributed by atoms with Gasteiger partial charge in [0.2, 0.25) is 0 Å². The van der Waals surface area contributed by atoms with Gasteiger partial charge in [0.25, 0.3) is 0 Å². The Morgan fingerprint density at radius 2 is 1.50 bits per heavy atom. The molecule has 4 unspecified atom stereocenters. The van der Waals surface area contributed by atoms with E-state index in [1.54, 1.807) is 0 Å². The van der Waals surface area contributed by atoms with Gasteiger partial charge < -0.3 is 0 Å². The van der Waals surface area contributed by atoms with Crippen LogP contribution in [-0.4, -0.2) is 17.3 Å². The quantitative estimate of drug-likeness (QED) is 0.617. The summed E-state index contributed by atoms with van der Waals surface area (Å²) in [6.45, 7) is 0. The van der Waals surface area contributed by atoms with Crippen molar-refractivity contribution in [3.8, 4) is 0 Å². The topological polar surface area (TPSA) is 24.7 Å². The van der Waals surface area contributed by atoms with E-state index in [1.165, 1.54) is 57.8 Å². The zero-order chi connectivity index (χ0) is 11.0. The minimum Gasteiger partial charge on any atom is -0.190 e. The van der Waals surface area contributed by atoms with Crippen LogP contribution in [0.5, 0.6) is 0 Å². The lowest BCUT2D eigenvalue weighted by molar-refractivity contribution is 0.126. The molecule has 16 heavy (non-hydrogen) atoms. The Hall–Kier alpha value is -0.0500. The molecule has 0 amide bonds. The van der Waals surface area contributed by atoms with E-state index in [2.05, 4.69) is 10.2 Å². The van der Waals surface area contributed by atoms with Crippen LogP contribution in [-0.2, 0) is 0 Å². The fourth-order valence-corrected chi connectivity index (χ4v) is 4.75. The van der Waals surface area contributed by atoms with Crippen molar-refractivity contribution in [1.29, 1.82) is 0 Å². The number of nitrogens with zero attached hydrogens (tertiary/aromatic N) is 2. The Balaban J connectivity index is 1.90. The van der Waals surface area contributed by atoms with E-state index < -0.39 is 0 Å². The second kappa shape index (κ2) is 4.32. The maximum absolute atomic E-state index is 4.91. The van der Waals surface area contributed by atoms with Crippen molar-refractivity contribution in [1.82, 2.24) is 0 Å². The van der Waals surface area contributed by atoms with E-state index in [9.17, 15) is 0 Å². The Bertz CT molecular complexity index is 292. The average Bonchev–Trinajstić information content (AvgIpc) is 2.59. The van der Waals surface area contributed by atoms with Crippen LogP contribution in [0.3, 0.4) is 0 Å². The second-order valence-electron chi connectivity index (χ2n) is 5.77. The summed E-state index contributed by atoms with van der Waals surface area (Å²) in [5.41, 5.74) is 0.349. The van der Waals surface area contributed by atoms with Crippen LogP contribution in [0.15, 0.2) is 10.2 Å². The first-order chi connectivity index (χ1) is 7.84. The predicted molar refractivity (Wildman–Crippen MR) is 69.2 cm³/mol.